The molecule has 5 heteroatoms. The number of carbonyl (C=O) groups is 2. The van der Waals surface area contributed by atoms with Crippen LogP contribution >= 0.6 is 0 Å². The lowest BCUT2D eigenvalue weighted by atomic mass is 9.98. The molecule has 5 nitrogen and oxygen atoms in total. The van der Waals surface area contributed by atoms with Crippen LogP contribution in [0, 0.1) is 5.92 Å². The highest BCUT2D eigenvalue weighted by atomic mass is 16.6. The van der Waals surface area contributed by atoms with Crippen molar-refractivity contribution in [2.45, 2.75) is 50.5 Å². The first-order valence-corrected chi connectivity index (χ1v) is 10.9. The maximum Gasteiger partial charge on any atom is 0.410 e. The Kier molecular flexibility index (Phi) is 6.07. The van der Waals surface area contributed by atoms with Crippen molar-refractivity contribution >= 4 is 12.1 Å². The van der Waals surface area contributed by atoms with Crippen molar-refractivity contribution in [3.63, 3.8) is 0 Å². The van der Waals surface area contributed by atoms with Crippen LogP contribution in [0.4, 0.5) is 4.79 Å². The first-order chi connectivity index (χ1) is 14.6. The zero-order valence-corrected chi connectivity index (χ0v) is 17.4. The Labute approximate surface area is 177 Å². The van der Waals surface area contributed by atoms with Crippen molar-refractivity contribution in [3.05, 3.63) is 59.7 Å². The van der Waals surface area contributed by atoms with Crippen LogP contribution in [0.1, 0.15) is 55.6 Å². The topological polar surface area (TPSA) is 66.8 Å². The fourth-order valence-corrected chi connectivity index (χ4v) is 5.00. The Morgan fingerprint density at radius 2 is 1.60 bits per heavy atom. The van der Waals surface area contributed by atoms with Gasteiger partial charge in [-0.3, -0.25) is 4.90 Å². The summed E-state index contributed by atoms with van der Waals surface area (Å²) in [6.07, 6.45) is 5.53. The van der Waals surface area contributed by atoms with E-state index >= 15 is 0 Å². The summed E-state index contributed by atoms with van der Waals surface area (Å²) in [5.74, 6) is -0.414. The number of rotatable bonds is 7. The Bertz CT molecular complexity index is 873. The molecule has 0 saturated heterocycles. The average molecular weight is 408 g/mol. The number of fused-ring (bicyclic) bond motifs is 3. The summed E-state index contributed by atoms with van der Waals surface area (Å²) in [7, 11) is 1.53. The van der Waals surface area contributed by atoms with Crippen molar-refractivity contribution in [2.24, 2.45) is 5.92 Å². The number of nitrogens with zero attached hydrogens (tertiary/aromatic N) is 1. The summed E-state index contributed by atoms with van der Waals surface area (Å²) >= 11 is 0. The molecule has 0 bridgehead atoms. The number of carboxylic acid groups (broad SMARTS) is 1. The van der Waals surface area contributed by atoms with E-state index in [9.17, 15) is 14.7 Å². The van der Waals surface area contributed by atoms with Crippen LogP contribution in [0.25, 0.3) is 11.1 Å². The number of hydrogen-bond acceptors (Lipinski definition) is 3. The van der Waals surface area contributed by atoms with E-state index in [-0.39, 0.29) is 12.5 Å². The molecule has 2 aromatic rings. The smallest absolute Gasteiger partial charge is 0.410 e. The predicted octanol–water partition coefficient (Wildman–Crippen LogP) is 5.29. The van der Waals surface area contributed by atoms with Crippen molar-refractivity contribution in [2.75, 3.05) is 13.7 Å². The van der Waals surface area contributed by atoms with Crippen LogP contribution in [-0.4, -0.2) is 41.8 Å². The summed E-state index contributed by atoms with van der Waals surface area (Å²) in [6, 6.07) is 15.5. The Morgan fingerprint density at radius 3 is 2.17 bits per heavy atom. The molecule has 0 spiro atoms. The predicted molar refractivity (Wildman–Crippen MR) is 115 cm³/mol. The minimum absolute atomic E-state index is 0.0310. The number of hydrogen-bond donors (Lipinski definition) is 1. The van der Waals surface area contributed by atoms with Gasteiger partial charge in [-0.15, -0.1) is 0 Å². The second-order valence-electron chi connectivity index (χ2n) is 8.50. The molecule has 30 heavy (non-hydrogen) atoms. The van der Waals surface area contributed by atoms with E-state index in [1.165, 1.54) is 48.8 Å². The fraction of sp³-hybridized carbons (Fsp3) is 0.440. The normalized spacial score (nSPS) is 16.7. The molecule has 2 aliphatic carbocycles. The highest BCUT2D eigenvalue weighted by molar-refractivity contribution is 5.81. The molecule has 2 aromatic carbocycles. The highest BCUT2D eigenvalue weighted by Gasteiger charge is 2.32. The van der Waals surface area contributed by atoms with Gasteiger partial charge in [0.2, 0.25) is 0 Å². The third-order valence-corrected chi connectivity index (χ3v) is 6.70. The van der Waals surface area contributed by atoms with Crippen LogP contribution in [0.5, 0.6) is 0 Å². The van der Waals surface area contributed by atoms with E-state index in [4.69, 9.17) is 4.74 Å². The molecule has 158 valence electrons. The number of aliphatic carboxylic acids is 1. The van der Waals surface area contributed by atoms with Crippen molar-refractivity contribution in [3.8, 4) is 11.1 Å². The largest absolute Gasteiger partial charge is 0.480 e. The third-order valence-electron chi connectivity index (χ3n) is 6.70. The van der Waals surface area contributed by atoms with E-state index in [0.29, 0.717) is 12.3 Å². The Balaban J connectivity index is 1.41. The summed E-state index contributed by atoms with van der Waals surface area (Å²) in [6.45, 7) is 0.201. The maximum atomic E-state index is 12.7. The van der Waals surface area contributed by atoms with Crippen LogP contribution in [0.3, 0.4) is 0 Å². The number of ether oxygens (including phenoxy) is 1. The first kappa shape index (κ1) is 20.5. The van der Waals surface area contributed by atoms with Gasteiger partial charge in [0.1, 0.15) is 12.6 Å². The highest BCUT2D eigenvalue weighted by Crippen LogP contribution is 2.44. The van der Waals surface area contributed by atoms with Gasteiger partial charge in [-0.2, -0.15) is 0 Å². The van der Waals surface area contributed by atoms with Gasteiger partial charge in [-0.05, 0) is 41.0 Å². The molecule has 0 heterocycles. The van der Waals surface area contributed by atoms with E-state index in [0.717, 1.165) is 17.5 Å². The summed E-state index contributed by atoms with van der Waals surface area (Å²) in [5, 5.41) is 9.66. The van der Waals surface area contributed by atoms with Gasteiger partial charge in [-0.1, -0.05) is 74.2 Å². The average Bonchev–Trinajstić information content (AvgIpc) is 3.38. The molecular weight excluding hydrogens is 378 g/mol. The summed E-state index contributed by atoms with van der Waals surface area (Å²) in [4.78, 5) is 25.7. The molecular formula is C25H29NO4. The molecule has 0 aliphatic heterocycles. The lowest BCUT2D eigenvalue weighted by molar-refractivity contribution is -0.142. The SMILES string of the molecule is CN(C(=O)OCC1c2ccccc2-c2ccccc21)[C@H](CCC1CCCC1)C(=O)O. The summed E-state index contributed by atoms with van der Waals surface area (Å²) in [5.41, 5.74) is 4.63. The van der Waals surface area contributed by atoms with Gasteiger partial charge in [0.15, 0.2) is 0 Å². The number of likely N-dealkylation sites (N-methyl/N-ethyl adjacent to an activating group) is 1. The molecule has 1 atom stereocenters. The standard InChI is InChI=1S/C25H29NO4/c1-26(23(24(27)28)15-14-17-8-2-3-9-17)25(29)30-16-22-20-12-6-4-10-18(20)19-11-5-7-13-21(19)22/h4-7,10-13,17,22-23H,2-3,8-9,14-16H2,1H3,(H,27,28)/t23-/m1/s1. The van der Waals surface area contributed by atoms with E-state index < -0.39 is 18.1 Å². The second kappa shape index (κ2) is 8.90. The number of carbonyl (C=O) groups excluding carboxylic acids is 1. The maximum absolute atomic E-state index is 12.7. The van der Waals surface area contributed by atoms with Gasteiger partial charge in [0.05, 0.1) is 0 Å². The van der Waals surface area contributed by atoms with E-state index in [2.05, 4.69) is 24.3 Å². The fourth-order valence-electron chi connectivity index (χ4n) is 5.00. The van der Waals surface area contributed by atoms with Crippen LogP contribution in [0.15, 0.2) is 48.5 Å². The molecule has 1 saturated carbocycles. The quantitative estimate of drug-likeness (QED) is 0.677. The molecule has 0 radical (unpaired) electrons. The lowest BCUT2D eigenvalue weighted by Crippen LogP contribution is -2.43. The minimum Gasteiger partial charge on any atom is -0.480 e. The Hall–Kier alpha value is -2.82. The lowest BCUT2D eigenvalue weighted by Gasteiger charge is -2.26. The third kappa shape index (κ3) is 4.07. The van der Waals surface area contributed by atoms with Crippen LogP contribution in [0.2, 0.25) is 0 Å². The number of amides is 1. The van der Waals surface area contributed by atoms with Gasteiger partial charge >= 0.3 is 12.1 Å². The molecule has 1 fully saturated rings. The van der Waals surface area contributed by atoms with Gasteiger partial charge < -0.3 is 9.84 Å². The van der Waals surface area contributed by atoms with E-state index in [1.54, 1.807) is 0 Å². The van der Waals surface area contributed by atoms with Crippen LogP contribution < -0.4 is 0 Å². The van der Waals surface area contributed by atoms with Crippen molar-refractivity contribution in [1.29, 1.82) is 0 Å². The second-order valence-corrected chi connectivity index (χ2v) is 8.50. The number of carboxylic acids is 1. The monoisotopic (exact) mass is 407 g/mol. The van der Waals surface area contributed by atoms with Gasteiger partial charge in [0.25, 0.3) is 0 Å². The van der Waals surface area contributed by atoms with Crippen LogP contribution in [-0.2, 0) is 9.53 Å². The molecule has 2 aliphatic rings. The van der Waals surface area contributed by atoms with Gasteiger partial charge in [0, 0.05) is 13.0 Å². The van der Waals surface area contributed by atoms with Crippen molar-refractivity contribution < 1.29 is 19.4 Å². The first-order valence-electron chi connectivity index (χ1n) is 10.9. The number of benzene rings is 2. The minimum atomic E-state index is -0.969. The molecule has 0 unspecified atom stereocenters. The molecule has 1 amide bonds. The molecule has 0 aromatic heterocycles. The van der Waals surface area contributed by atoms with Crippen molar-refractivity contribution in [1.82, 2.24) is 4.90 Å². The summed E-state index contributed by atoms with van der Waals surface area (Å²) < 4.78 is 5.63. The Morgan fingerprint density at radius 1 is 1.03 bits per heavy atom. The zero-order chi connectivity index (χ0) is 21.1. The van der Waals surface area contributed by atoms with E-state index in [1.807, 2.05) is 24.3 Å². The molecule has 4 rings (SSSR count). The zero-order valence-electron chi connectivity index (χ0n) is 17.4. The van der Waals surface area contributed by atoms with Gasteiger partial charge in [-0.25, -0.2) is 9.59 Å². The molecule has 1 N–H and O–H groups in total.